The van der Waals surface area contributed by atoms with Gasteiger partial charge < -0.3 is 15.0 Å². The summed E-state index contributed by atoms with van der Waals surface area (Å²) in [5.41, 5.74) is -0.440. The van der Waals surface area contributed by atoms with E-state index in [0.717, 1.165) is 16.6 Å². The predicted molar refractivity (Wildman–Crippen MR) is 74.5 cm³/mol. The zero-order chi connectivity index (χ0) is 14.0. The summed E-state index contributed by atoms with van der Waals surface area (Å²) in [7, 11) is 0. The lowest BCUT2D eigenvalue weighted by Gasteiger charge is -2.39. The Labute approximate surface area is 117 Å². The highest BCUT2D eigenvalue weighted by Gasteiger charge is 2.34. The van der Waals surface area contributed by atoms with E-state index >= 15 is 0 Å². The molecule has 1 saturated heterocycles. The molecule has 1 fully saturated rings. The van der Waals surface area contributed by atoms with Gasteiger partial charge >= 0.3 is 6.09 Å². The molecule has 6 nitrogen and oxygen atoms in total. The van der Waals surface area contributed by atoms with Crippen molar-refractivity contribution in [3.63, 3.8) is 0 Å². The van der Waals surface area contributed by atoms with Crippen LogP contribution in [0.2, 0.25) is 0 Å². The van der Waals surface area contributed by atoms with Gasteiger partial charge in [-0.05, 0) is 27.2 Å². The summed E-state index contributed by atoms with van der Waals surface area (Å²) in [5, 5.41) is 13.2. The molecule has 0 spiro atoms. The molecule has 2 heterocycles. The minimum atomic E-state index is -0.440. The lowest BCUT2D eigenvalue weighted by molar-refractivity contribution is 0.0105. The van der Waals surface area contributed by atoms with Gasteiger partial charge in [-0.25, -0.2) is 4.79 Å². The second-order valence-electron chi connectivity index (χ2n) is 5.58. The molecule has 106 valence electrons. The number of carbonyl (C=O) groups is 1. The number of amides is 1. The lowest BCUT2D eigenvalue weighted by Crippen LogP contribution is -2.57. The molecule has 19 heavy (non-hydrogen) atoms. The Morgan fingerprint density at radius 3 is 2.68 bits per heavy atom. The van der Waals surface area contributed by atoms with E-state index in [1.54, 1.807) is 16.2 Å². The van der Waals surface area contributed by atoms with E-state index in [1.165, 1.54) is 0 Å². The summed E-state index contributed by atoms with van der Waals surface area (Å²) in [6.45, 7) is 8.96. The molecule has 0 saturated carbocycles. The van der Waals surface area contributed by atoms with E-state index in [4.69, 9.17) is 4.74 Å². The van der Waals surface area contributed by atoms with Crippen LogP contribution in [-0.4, -0.2) is 45.9 Å². The largest absolute Gasteiger partial charge is 0.444 e. The predicted octanol–water partition coefficient (Wildman–Crippen LogP) is 2.13. The first-order valence-corrected chi connectivity index (χ1v) is 7.26. The fourth-order valence-corrected chi connectivity index (χ4v) is 2.43. The lowest BCUT2D eigenvalue weighted by atomic mass is 10.1. The van der Waals surface area contributed by atoms with Crippen LogP contribution in [0.25, 0.3) is 0 Å². The molecular weight excluding hydrogens is 264 g/mol. The number of rotatable bonds is 3. The number of hydrogen-bond donors (Lipinski definition) is 1. The maximum Gasteiger partial charge on any atom is 0.410 e. The number of likely N-dealkylation sites (tertiary alicyclic amines) is 1. The van der Waals surface area contributed by atoms with Crippen LogP contribution < -0.4 is 5.32 Å². The molecule has 1 aliphatic heterocycles. The summed E-state index contributed by atoms with van der Waals surface area (Å²) in [4.78, 5) is 13.4. The van der Waals surface area contributed by atoms with Gasteiger partial charge in [0.05, 0.1) is 6.04 Å². The topological polar surface area (TPSA) is 67.4 Å². The van der Waals surface area contributed by atoms with E-state index in [9.17, 15) is 4.79 Å². The fraction of sp³-hybridized carbons (Fsp3) is 0.750. The molecule has 1 aromatic rings. The van der Waals surface area contributed by atoms with E-state index in [-0.39, 0.29) is 12.1 Å². The number of nitrogens with one attached hydrogen (secondary N) is 1. The summed E-state index contributed by atoms with van der Waals surface area (Å²) in [5.74, 6) is 0. The number of aryl methyl sites for hydroxylation is 1. The first-order valence-electron chi connectivity index (χ1n) is 6.44. The molecule has 7 heteroatoms. The molecule has 1 amide bonds. The SMILES string of the molecule is CCc1nnc(NC2CN(C(=O)OC(C)(C)C)C2)s1. The van der Waals surface area contributed by atoms with Gasteiger partial charge in [-0.2, -0.15) is 0 Å². The van der Waals surface area contributed by atoms with Crippen LogP contribution in [0.15, 0.2) is 0 Å². The van der Waals surface area contributed by atoms with Crippen molar-refractivity contribution in [1.82, 2.24) is 15.1 Å². The number of hydrogen-bond acceptors (Lipinski definition) is 6. The zero-order valence-corrected chi connectivity index (χ0v) is 12.6. The van der Waals surface area contributed by atoms with Gasteiger partial charge in [0.15, 0.2) is 0 Å². The smallest absolute Gasteiger partial charge is 0.410 e. The van der Waals surface area contributed by atoms with E-state index < -0.39 is 5.60 Å². The van der Waals surface area contributed by atoms with Crippen molar-refractivity contribution in [3.05, 3.63) is 5.01 Å². The van der Waals surface area contributed by atoms with Gasteiger partial charge in [0.1, 0.15) is 10.6 Å². The molecule has 1 N–H and O–H groups in total. The maximum absolute atomic E-state index is 11.7. The molecule has 0 bridgehead atoms. The highest BCUT2D eigenvalue weighted by Crippen LogP contribution is 2.21. The highest BCUT2D eigenvalue weighted by atomic mass is 32.1. The quantitative estimate of drug-likeness (QED) is 0.921. The normalized spacial score (nSPS) is 16.1. The van der Waals surface area contributed by atoms with Crippen molar-refractivity contribution in [2.45, 2.75) is 45.8 Å². The number of aromatic nitrogens is 2. The molecule has 1 aromatic heterocycles. The molecule has 0 atom stereocenters. The van der Waals surface area contributed by atoms with E-state index in [2.05, 4.69) is 22.4 Å². The Morgan fingerprint density at radius 2 is 2.16 bits per heavy atom. The molecule has 2 rings (SSSR count). The first kappa shape index (κ1) is 14.0. The number of ether oxygens (including phenoxy) is 1. The Bertz CT molecular complexity index is 449. The minimum Gasteiger partial charge on any atom is -0.444 e. The van der Waals surface area contributed by atoms with Crippen molar-refractivity contribution in [1.29, 1.82) is 0 Å². The molecule has 0 unspecified atom stereocenters. The van der Waals surface area contributed by atoms with Gasteiger partial charge in [0.25, 0.3) is 0 Å². The van der Waals surface area contributed by atoms with Crippen molar-refractivity contribution in [3.8, 4) is 0 Å². The fourth-order valence-electron chi connectivity index (χ4n) is 1.67. The van der Waals surface area contributed by atoms with Crippen molar-refractivity contribution in [2.24, 2.45) is 0 Å². The molecule has 1 aliphatic rings. The Hall–Kier alpha value is -1.37. The minimum absolute atomic E-state index is 0.241. The summed E-state index contributed by atoms with van der Waals surface area (Å²) in [6.07, 6.45) is 0.644. The van der Waals surface area contributed by atoms with Crippen LogP contribution in [0.3, 0.4) is 0 Å². The zero-order valence-electron chi connectivity index (χ0n) is 11.8. The summed E-state index contributed by atoms with van der Waals surface area (Å²) >= 11 is 1.56. The first-order chi connectivity index (χ1) is 8.87. The monoisotopic (exact) mass is 284 g/mol. The Kier molecular flexibility index (Phi) is 3.93. The van der Waals surface area contributed by atoms with Gasteiger partial charge in [0, 0.05) is 13.1 Å². The standard InChI is InChI=1S/C12H20N4O2S/c1-5-9-14-15-10(19-9)13-8-6-16(7-8)11(17)18-12(2,3)4/h8H,5-7H2,1-4H3,(H,13,15). The summed E-state index contributed by atoms with van der Waals surface area (Å²) in [6, 6.07) is 0.241. The van der Waals surface area contributed by atoms with E-state index in [1.807, 2.05) is 20.8 Å². The summed E-state index contributed by atoms with van der Waals surface area (Å²) < 4.78 is 5.30. The van der Waals surface area contributed by atoms with Crippen LogP contribution in [0.5, 0.6) is 0 Å². The second kappa shape index (κ2) is 5.32. The number of nitrogens with zero attached hydrogens (tertiary/aromatic N) is 3. The Morgan fingerprint density at radius 1 is 1.47 bits per heavy atom. The molecule has 0 radical (unpaired) electrons. The average molecular weight is 284 g/mol. The van der Waals surface area contributed by atoms with Crippen molar-refractivity contribution >= 4 is 22.6 Å². The average Bonchev–Trinajstić information content (AvgIpc) is 2.67. The third-order valence-corrected chi connectivity index (χ3v) is 3.63. The van der Waals surface area contributed by atoms with Crippen LogP contribution in [-0.2, 0) is 11.2 Å². The maximum atomic E-state index is 11.7. The van der Waals surface area contributed by atoms with Crippen molar-refractivity contribution < 1.29 is 9.53 Å². The van der Waals surface area contributed by atoms with Gasteiger partial charge in [-0.15, -0.1) is 10.2 Å². The molecule has 0 aliphatic carbocycles. The van der Waals surface area contributed by atoms with Crippen LogP contribution >= 0.6 is 11.3 Å². The third-order valence-electron chi connectivity index (χ3n) is 2.63. The van der Waals surface area contributed by atoms with Gasteiger partial charge in [-0.3, -0.25) is 0 Å². The Balaban J connectivity index is 1.75. The van der Waals surface area contributed by atoms with E-state index in [0.29, 0.717) is 13.1 Å². The third kappa shape index (κ3) is 3.79. The highest BCUT2D eigenvalue weighted by molar-refractivity contribution is 7.15. The van der Waals surface area contributed by atoms with Crippen LogP contribution in [0.4, 0.5) is 9.93 Å². The van der Waals surface area contributed by atoms with Crippen molar-refractivity contribution in [2.75, 3.05) is 18.4 Å². The van der Waals surface area contributed by atoms with Gasteiger partial charge in [-0.1, -0.05) is 18.3 Å². The van der Waals surface area contributed by atoms with Gasteiger partial charge in [0.2, 0.25) is 5.13 Å². The molecular formula is C12H20N4O2S. The second-order valence-corrected chi connectivity index (χ2v) is 6.64. The number of carbonyl (C=O) groups excluding carboxylic acids is 1. The van der Waals surface area contributed by atoms with Crippen LogP contribution in [0, 0.1) is 0 Å². The molecule has 0 aromatic carbocycles. The van der Waals surface area contributed by atoms with Crippen LogP contribution in [0.1, 0.15) is 32.7 Å². The number of anilines is 1.